The Morgan fingerprint density at radius 2 is 1.95 bits per heavy atom. The van der Waals surface area contributed by atoms with Crippen LogP contribution in [0.2, 0.25) is 5.02 Å². The number of hydrogen-bond donors (Lipinski definition) is 1. The van der Waals surface area contributed by atoms with Crippen LogP contribution in [-0.2, 0) is 0 Å². The van der Waals surface area contributed by atoms with Crippen LogP contribution in [0.15, 0.2) is 18.2 Å². The Labute approximate surface area is 119 Å². The van der Waals surface area contributed by atoms with E-state index in [0.717, 1.165) is 12.8 Å². The van der Waals surface area contributed by atoms with Crippen molar-refractivity contribution in [2.75, 3.05) is 7.11 Å². The Kier molecular flexibility index (Phi) is 5.08. The third-order valence-corrected chi connectivity index (χ3v) is 3.83. The summed E-state index contributed by atoms with van der Waals surface area (Å²) >= 11 is 5.95. The molecule has 1 aromatic rings. The molecule has 1 N–H and O–H groups in total. The van der Waals surface area contributed by atoms with Gasteiger partial charge in [-0.05, 0) is 31.0 Å². The van der Waals surface area contributed by atoms with Crippen LogP contribution in [0.1, 0.15) is 48.9 Å². The Morgan fingerprint density at radius 1 is 1.26 bits per heavy atom. The van der Waals surface area contributed by atoms with Crippen molar-refractivity contribution in [2.45, 2.75) is 44.6 Å². The summed E-state index contributed by atoms with van der Waals surface area (Å²) in [7, 11) is 1.56. The summed E-state index contributed by atoms with van der Waals surface area (Å²) in [5.41, 5.74) is 0.513. The molecule has 0 bridgehead atoms. The molecule has 1 aliphatic carbocycles. The molecule has 0 atom stereocenters. The number of hydrogen-bond acceptors (Lipinski definition) is 2. The molecular weight excluding hydrogens is 262 g/mol. The van der Waals surface area contributed by atoms with Crippen LogP contribution in [0.4, 0.5) is 0 Å². The molecule has 0 saturated heterocycles. The summed E-state index contributed by atoms with van der Waals surface area (Å²) in [5, 5.41) is 3.65. The first kappa shape index (κ1) is 14.2. The monoisotopic (exact) mass is 281 g/mol. The van der Waals surface area contributed by atoms with Gasteiger partial charge in [-0.3, -0.25) is 4.79 Å². The molecule has 0 aliphatic heterocycles. The van der Waals surface area contributed by atoms with Crippen molar-refractivity contribution in [2.24, 2.45) is 0 Å². The second kappa shape index (κ2) is 6.80. The molecule has 1 aromatic carbocycles. The van der Waals surface area contributed by atoms with Gasteiger partial charge in [-0.15, -0.1) is 0 Å². The van der Waals surface area contributed by atoms with Crippen molar-refractivity contribution in [3.63, 3.8) is 0 Å². The average Bonchev–Trinajstić information content (AvgIpc) is 2.67. The van der Waals surface area contributed by atoms with Crippen LogP contribution in [-0.4, -0.2) is 19.1 Å². The van der Waals surface area contributed by atoms with E-state index in [-0.39, 0.29) is 11.9 Å². The van der Waals surface area contributed by atoms with Gasteiger partial charge in [0, 0.05) is 11.1 Å². The minimum atomic E-state index is -0.0914. The van der Waals surface area contributed by atoms with E-state index in [1.807, 2.05) is 0 Å². The lowest BCUT2D eigenvalue weighted by Crippen LogP contribution is -2.34. The van der Waals surface area contributed by atoms with Crippen molar-refractivity contribution in [3.8, 4) is 5.75 Å². The van der Waals surface area contributed by atoms with Gasteiger partial charge >= 0.3 is 0 Å². The van der Waals surface area contributed by atoms with Gasteiger partial charge in [0.25, 0.3) is 5.91 Å². The number of carbonyl (C=O) groups is 1. The van der Waals surface area contributed by atoms with E-state index >= 15 is 0 Å². The highest BCUT2D eigenvalue weighted by Gasteiger charge is 2.18. The maximum atomic E-state index is 12.3. The second-order valence-corrected chi connectivity index (χ2v) is 5.44. The van der Waals surface area contributed by atoms with Crippen LogP contribution in [0.5, 0.6) is 5.75 Å². The number of halogens is 1. The van der Waals surface area contributed by atoms with Crippen molar-refractivity contribution < 1.29 is 9.53 Å². The first-order chi connectivity index (χ1) is 9.20. The zero-order chi connectivity index (χ0) is 13.7. The Hall–Kier alpha value is -1.22. The first-order valence-corrected chi connectivity index (χ1v) is 7.23. The molecular formula is C15H20ClNO2. The molecule has 0 unspecified atom stereocenters. The standard InChI is InChI=1S/C15H20ClNO2/c1-19-14-9-8-11(16)10-13(14)15(18)17-12-6-4-2-3-5-7-12/h8-10,12H,2-7H2,1H3,(H,17,18). The normalized spacial score (nSPS) is 16.7. The largest absolute Gasteiger partial charge is 0.496 e. The minimum absolute atomic E-state index is 0.0914. The summed E-state index contributed by atoms with van der Waals surface area (Å²) in [5.74, 6) is 0.474. The third-order valence-electron chi connectivity index (χ3n) is 3.60. The highest BCUT2D eigenvalue weighted by molar-refractivity contribution is 6.31. The number of nitrogens with one attached hydrogen (secondary N) is 1. The molecule has 19 heavy (non-hydrogen) atoms. The van der Waals surface area contributed by atoms with E-state index in [0.29, 0.717) is 16.3 Å². The average molecular weight is 282 g/mol. The number of methoxy groups -OCH3 is 1. The van der Waals surface area contributed by atoms with Gasteiger partial charge in [-0.1, -0.05) is 37.3 Å². The zero-order valence-corrected chi connectivity index (χ0v) is 12.0. The number of benzene rings is 1. The lowest BCUT2D eigenvalue weighted by atomic mass is 10.1. The van der Waals surface area contributed by atoms with Crippen molar-refractivity contribution in [1.82, 2.24) is 5.32 Å². The molecule has 0 heterocycles. The Balaban J connectivity index is 2.08. The Bertz CT molecular complexity index is 440. The van der Waals surface area contributed by atoms with E-state index in [2.05, 4.69) is 5.32 Å². The van der Waals surface area contributed by atoms with Gasteiger partial charge in [0.05, 0.1) is 12.7 Å². The third kappa shape index (κ3) is 3.87. The quantitative estimate of drug-likeness (QED) is 0.856. The minimum Gasteiger partial charge on any atom is -0.496 e. The molecule has 0 spiro atoms. The van der Waals surface area contributed by atoms with Crippen LogP contribution in [0, 0.1) is 0 Å². The van der Waals surface area contributed by atoms with E-state index in [9.17, 15) is 4.79 Å². The molecule has 0 aromatic heterocycles. The molecule has 1 aliphatic rings. The van der Waals surface area contributed by atoms with Crippen LogP contribution < -0.4 is 10.1 Å². The van der Waals surface area contributed by atoms with Gasteiger partial charge < -0.3 is 10.1 Å². The summed E-state index contributed by atoms with van der Waals surface area (Å²) in [6, 6.07) is 5.39. The summed E-state index contributed by atoms with van der Waals surface area (Å²) in [6.45, 7) is 0. The van der Waals surface area contributed by atoms with Gasteiger partial charge in [-0.25, -0.2) is 0 Å². The number of ether oxygens (including phenoxy) is 1. The lowest BCUT2D eigenvalue weighted by molar-refractivity contribution is 0.0930. The fourth-order valence-corrected chi connectivity index (χ4v) is 2.72. The molecule has 2 rings (SSSR count). The molecule has 1 saturated carbocycles. The van der Waals surface area contributed by atoms with Gasteiger partial charge in [-0.2, -0.15) is 0 Å². The highest BCUT2D eigenvalue weighted by Crippen LogP contribution is 2.23. The molecule has 4 heteroatoms. The molecule has 0 radical (unpaired) electrons. The van der Waals surface area contributed by atoms with E-state index in [1.165, 1.54) is 25.7 Å². The topological polar surface area (TPSA) is 38.3 Å². The van der Waals surface area contributed by atoms with Gasteiger partial charge in [0.15, 0.2) is 0 Å². The summed E-state index contributed by atoms with van der Waals surface area (Å²) in [6.07, 6.45) is 7.05. The fraction of sp³-hybridized carbons (Fsp3) is 0.533. The first-order valence-electron chi connectivity index (χ1n) is 6.85. The molecule has 1 fully saturated rings. The fourth-order valence-electron chi connectivity index (χ4n) is 2.54. The maximum absolute atomic E-state index is 12.3. The van der Waals surface area contributed by atoms with Crippen LogP contribution >= 0.6 is 11.6 Å². The van der Waals surface area contributed by atoms with Gasteiger partial charge in [0.1, 0.15) is 5.75 Å². The van der Waals surface area contributed by atoms with Crippen LogP contribution in [0.25, 0.3) is 0 Å². The van der Waals surface area contributed by atoms with Gasteiger partial charge in [0.2, 0.25) is 0 Å². The zero-order valence-electron chi connectivity index (χ0n) is 11.2. The van der Waals surface area contributed by atoms with Crippen molar-refractivity contribution in [3.05, 3.63) is 28.8 Å². The van der Waals surface area contributed by atoms with Crippen molar-refractivity contribution in [1.29, 1.82) is 0 Å². The van der Waals surface area contributed by atoms with E-state index in [4.69, 9.17) is 16.3 Å². The summed E-state index contributed by atoms with van der Waals surface area (Å²) in [4.78, 5) is 12.3. The lowest BCUT2D eigenvalue weighted by Gasteiger charge is -2.17. The SMILES string of the molecule is COc1ccc(Cl)cc1C(=O)NC1CCCCCC1. The van der Waals surface area contributed by atoms with E-state index in [1.54, 1.807) is 25.3 Å². The summed E-state index contributed by atoms with van der Waals surface area (Å²) < 4.78 is 5.22. The van der Waals surface area contributed by atoms with Crippen LogP contribution in [0.3, 0.4) is 0 Å². The Morgan fingerprint density at radius 3 is 2.58 bits per heavy atom. The number of carbonyl (C=O) groups excluding carboxylic acids is 1. The predicted octanol–water partition coefficient (Wildman–Crippen LogP) is 3.80. The second-order valence-electron chi connectivity index (χ2n) is 5.01. The maximum Gasteiger partial charge on any atom is 0.255 e. The van der Waals surface area contributed by atoms with E-state index < -0.39 is 0 Å². The molecule has 1 amide bonds. The molecule has 3 nitrogen and oxygen atoms in total. The smallest absolute Gasteiger partial charge is 0.255 e. The number of rotatable bonds is 3. The number of amides is 1. The van der Waals surface area contributed by atoms with Crippen molar-refractivity contribution >= 4 is 17.5 Å². The predicted molar refractivity (Wildman–Crippen MR) is 77.0 cm³/mol. The highest BCUT2D eigenvalue weighted by atomic mass is 35.5. The molecule has 104 valence electrons.